The summed E-state index contributed by atoms with van der Waals surface area (Å²) in [6, 6.07) is 1.93. The zero-order valence-electron chi connectivity index (χ0n) is 16.7. The van der Waals surface area contributed by atoms with Gasteiger partial charge in [-0.25, -0.2) is 4.98 Å². The molecule has 0 aromatic carbocycles. The number of nitrogens with two attached hydrogens (primary N) is 1. The molecular formula is C20H29N5O3. The van der Waals surface area contributed by atoms with E-state index < -0.39 is 11.8 Å². The molecule has 1 aliphatic carbocycles. The van der Waals surface area contributed by atoms with Crippen LogP contribution in [0.5, 0.6) is 0 Å². The standard InChI is InChI=1S/C20H29N5O3/c1-11-4-5-17(14-7-15(8-14)23-13(3)26)25(10-11)20(28)19(27)24-16-6-12(2)18(21)22-9-16/h6,9,11,14-15,17H,4-5,7-8,10H2,1-3H3,(H2,21,22)(H,23,26)(H,24,27)/t11-,14-,15-,17?/m0/s1. The Morgan fingerprint density at radius 1 is 1.25 bits per heavy atom. The molecule has 152 valence electrons. The summed E-state index contributed by atoms with van der Waals surface area (Å²) in [5.41, 5.74) is 6.90. The predicted octanol–water partition coefficient (Wildman–Crippen LogP) is 1.45. The molecule has 0 spiro atoms. The lowest BCUT2D eigenvalue weighted by atomic mass is 9.71. The summed E-state index contributed by atoms with van der Waals surface area (Å²) < 4.78 is 0. The van der Waals surface area contributed by atoms with E-state index in [4.69, 9.17) is 5.73 Å². The first-order chi connectivity index (χ1) is 13.2. The number of aromatic nitrogens is 1. The van der Waals surface area contributed by atoms with Gasteiger partial charge in [-0.2, -0.15) is 0 Å². The number of anilines is 2. The van der Waals surface area contributed by atoms with E-state index in [0.29, 0.717) is 29.9 Å². The number of nitrogen functional groups attached to an aromatic ring is 1. The lowest BCUT2D eigenvalue weighted by molar-refractivity contribution is -0.148. The molecule has 2 atom stereocenters. The van der Waals surface area contributed by atoms with Crippen molar-refractivity contribution in [3.8, 4) is 0 Å². The number of piperidine rings is 1. The van der Waals surface area contributed by atoms with Crippen molar-refractivity contribution in [1.29, 1.82) is 0 Å². The van der Waals surface area contributed by atoms with Crippen molar-refractivity contribution in [2.24, 2.45) is 11.8 Å². The molecule has 2 heterocycles. The number of pyridine rings is 1. The molecule has 1 saturated heterocycles. The smallest absolute Gasteiger partial charge is 0.313 e. The third-order valence-corrected chi connectivity index (χ3v) is 5.82. The summed E-state index contributed by atoms with van der Waals surface area (Å²) in [5.74, 6) is -0.105. The summed E-state index contributed by atoms with van der Waals surface area (Å²) >= 11 is 0. The molecule has 1 saturated carbocycles. The summed E-state index contributed by atoms with van der Waals surface area (Å²) in [4.78, 5) is 42.5. The number of hydrogen-bond donors (Lipinski definition) is 3. The Kier molecular flexibility index (Phi) is 5.86. The Labute approximate surface area is 165 Å². The molecule has 1 aliphatic heterocycles. The van der Waals surface area contributed by atoms with E-state index in [1.165, 1.54) is 13.1 Å². The van der Waals surface area contributed by atoms with Crippen LogP contribution in [0.3, 0.4) is 0 Å². The first-order valence-electron chi connectivity index (χ1n) is 9.85. The second kappa shape index (κ2) is 8.16. The van der Waals surface area contributed by atoms with E-state index in [9.17, 15) is 14.4 Å². The normalized spacial score (nSPS) is 26.9. The van der Waals surface area contributed by atoms with Gasteiger partial charge >= 0.3 is 11.8 Å². The summed E-state index contributed by atoms with van der Waals surface area (Å²) in [5, 5.41) is 5.57. The fourth-order valence-electron chi connectivity index (χ4n) is 4.25. The van der Waals surface area contributed by atoms with E-state index in [-0.39, 0.29) is 18.0 Å². The Balaban J connectivity index is 1.65. The van der Waals surface area contributed by atoms with Gasteiger partial charge in [0, 0.05) is 25.6 Å². The van der Waals surface area contributed by atoms with Crippen molar-refractivity contribution in [2.45, 2.75) is 58.5 Å². The predicted molar refractivity (Wildman–Crippen MR) is 106 cm³/mol. The van der Waals surface area contributed by atoms with Gasteiger partial charge in [0.15, 0.2) is 0 Å². The van der Waals surface area contributed by atoms with Gasteiger partial charge in [-0.15, -0.1) is 0 Å². The number of carbonyl (C=O) groups excluding carboxylic acids is 3. The van der Waals surface area contributed by atoms with Gasteiger partial charge in [0.1, 0.15) is 5.82 Å². The summed E-state index contributed by atoms with van der Waals surface area (Å²) in [6.07, 6.45) is 5.09. The summed E-state index contributed by atoms with van der Waals surface area (Å²) in [7, 11) is 0. The monoisotopic (exact) mass is 387 g/mol. The number of hydrogen-bond acceptors (Lipinski definition) is 5. The molecule has 2 fully saturated rings. The minimum atomic E-state index is -0.650. The molecule has 28 heavy (non-hydrogen) atoms. The van der Waals surface area contributed by atoms with E-state index in [1.807, 2.05) is 0 Å². The zero-order chi connectivity index (χ0) is 20.4. The third kappa shape index (κ3) is 4.43. The first kappa shape index (κ1) is 20.1. The second-order valence-corrected chi connectivity index (χ2v) is 8.22. The number of aryl methyl sites for hydroxylation is 1. The molecule has 3 amide bonds. The quantitative estimate of drug-likeness (QED) is 0.679. The van der Waals surface area contributed by atoms with Crippen molar-refractivity contribution < 1.29 is 14.4 Å². The SMILES string of the molecule is CC(=O)N[C@H]1C[C@H](C2CC[C@H](C)CN2C(=O)C(=O)Nc2cnc(N)c(C)c2)C1. The number of carbonyl (C=O) groups is 3. The molecule has 0 radical (unpaired) electrons. The van der Waals surface area contributed by atoms with Crippen molar-refractivity contribution in [1.82, 2.24) is 15.2 Å². The lowest BCUT2D eigenvalue weighted by Crippen LogP contribution is -2.57. The van der Waals surface area contributed by atoms with Crippen LogP contribution < -0.4 is 16.4 Å². The van der Waals surface area contributed by atoms with E-state index in [1.54, 1.807) is 17.9 Å². The number of nitrogens with one attached hydrogen (secondary N) is 2. The highest BCUT2D eigenvalue weighted by atomic mass is 16.2. The van der Waals surface area contributed by atoms with Gasteiger partial charge < -0.3 is 21.3 Å². The first-order valence-corrected chi connectivity index (χ1v) is 9.85. The number of amides is 3. The largest absolute Gasteiger partial charge is 0.383 e. The maximum atomic E-state index is 12.9. The Hall–Kier alpha value is -2.64. The van der Waals surface area contributed by atoms with E-state index >= 15 is 0 Å². The zero-order valence-corrected chi connectivity index (χ0v) is 16.7. The Morgan fingerprint density at radius 2 is 1.96 bits per heavy atom. The molecule has 1 aromatic rings. The van der Waals surface area contributed by atoms with Crippen molar-refractivity contribution in [2.75, 3.05) is 17.6 Å². The molecule has 1 aromatic heterocycles. The maximum absolute atomic E-state index is 12.9. The molecule has 0 bridgehead atoms. The van der Waals surface area contributed by atoms with Crippen molar-refractivity contribution in [3.63, 3.8) is 0 Å². The highest BCUT2D eigenvalue weighted by Crippen LogP contribution is 2.38. The molecular weight excluding hydrogens is 358 g/mol. The molecule has 8 nitrogen and oxygen atoms in total. The number of likely N-dealkylation sites (tertiary alicyclic amines) is 1. The van der Waals surface area contributed by atoms with Gasteiger partial charge in [-0.1, -0.05) is 6.92 Å². The fraction of sp³-hybridized carbons (Fsp3) is 0.600. The van der Waals surface area contributed by atoms with Gasteiger partial charge in [-0.3, -0.25) is 14.4 Å². The summed E-state index contributed by atoms with van der Waals surface area (Å²) in [6.45, 7) is 5.99. The molecule has 3 rings (SSSR count). The van der Waals surface area contributed by atoms with Crippen LogP contribution >= 0.6 is 0 Å². The van der Waals surface area contributed by atoms with Gasteiger partial charge in [0.05, 0.1) is 11.9 Å². The van der Waals surface area contributed by atoms with Crippen LogP contribution in [0.1, 0.15) is 45.1 Å². The van der Waals surface area contributed by atoms with Gasteiger partial charge in [-0.05, 0) is 56.1 Å². The average molecular weight is 387 g/mol. The maximum Gasteiger partial charge on any atom is 0.313 e. The van der Waals surface area contributed by atoms with Crippen molar-refractivity contribution in [3.05, 3.63) is 17.8 Å². The van der Waals surface area contributed by atoms with Crippen LogP contribution in [0.15, 0.2) is 12.3 Å². The average Bonchev–Trinajstić information content (AvgIpc) is 2.60. The van der Waals surface area contributed by atoms with Gasteiger partial charge in [0.2, 0.25) is 5.91 Å². The molecule has 1 unspecified atom stereocenters. The van der Waals surface area contributed by atoms with Crippen LogP contribution in [-0.2, 0) is 14.4 Å². The topological polar surface area (TPSA) is 117 Å². The second-order valence-electron chi connectivity index (χ2n) is 8.22. The minimum Gasteiger partial charge on any atom is -0.383 e. The van der Waals surface area contributed by atoms with E-state index in [0.717, 1.165) is 31.2 Å². The fourth-order valence-corrected chi connectivity index (χ4v) is 4.25. The van der Waals surface area contributed by atoms with Crippen LogP contribution in [0.25, 0.3) is 0 Å². The minimum absolute atomic E-state index is 0.0274. The van der Waals surface area contributed by atoms with Crippen LogP contribution in [-0.4, -0.2) is 46.2 Å². The highest BCUT2D eigenvalue weighted by Gasteiger charge is 2.43. The molecule has 8 heteroatoms. The highest BCUT2D eigenvalue weighted by molar-refractivity contribution is 6.39. The number of nitrogens with zero attached hydrogens (tertiary/aromatic N) is 2. The molecule has 2 aliphatic rings. The van der Waals surface area contributed by atoms with E-state index in [2.05, 4.69) is 22.5 Å². The number of rotatable bonds is 3. The Morgan fingerprint density at radius 3 is 2.61 bits per heavy atom. The van der Waals surface area contributed by atoms with Gasteiger partial charge in [0.25, 0.3) is 0 Å². The third-order valence-electron chi connectivity index (χ3n) is 5.82. The molecule has 4 N–H and O–H groups in total. The van der Waals surface area contributed by atoms with Crippen LogP contribution in [0.4, 0.5) is 11.5 Å². The van der Waals surface area contributed by atoms with Crippen LogP contribution in [0.2, 0.25) is 0 Å². The Bertz CT molecular complexity index is 775. The van der Waals surface area contributed by atoms with Crippen LogP contribution in [0, 0.1) is 18.8 Å². The van der Waals surface area contributed by atoms with Crippen molar-refractivity contribution >= 4 is 29.2 Å². The lowest BCUT2D eigenvalue weighted by Gasteiger charge is -2.48.